The molecule has 0 aliphatic rings. The number of carbonyl (C=O) groups excluding carboxylic acids is 1. The highest BCUT2D eigenvalue weighted by Crippen LogP contribution is 2.16. The Kier molecular flexibility index (Phi) is 7.43. The number of carboxylic acid groups (broad SMARTS) is 1. The molecule has 1 unspecified atom stereocenters. The maximum atomic E-state index is 11.7. The van der Waals surface area contributed by atoms with Gasteiger partial charge in [-0.3, -0.25) is 4.79 Å². The molecule has 1 atom stereocenters. The van der Waals surface area contributed by atoms with Crippen LogP contribution in [0.3, 0.4) is 0 Å². The Morgan fingerprint density at radius 2 is 2.00 bits per heavy atom. The number of hydrogen-bond donors (Lipinski definition) is 2. The summed E-state index contributed by atoms with van der Waals surface area (Å²) in [5.74, 6) is -0.287. The van der Waals surface area contributed by atoms with Crippen LogP contribution in [0.4, 0.5) is 0 Å². The number of thioether (sulfide) groups is 2. The van der Waals surface area contributed by atoms with Crippen LogP contribution in [0.15, 0.2) is 35.2 Å². The summed E-state index contributed by atoms with van der Waals surface area (Å²) in [6.45, 7) is 0. The molecular weight excluding hydrogens is 282 g/mol. The van der Waals surface area contributed by atoms with Crippen molar-refractivity contribution in [1.29, 1.82) is 0 Å². The first-order chi connectivity index (χ1) is 9.13. The average Bonchev–Trinajstić information content (AvgIpc) is 2.42. The lowest BCUT2D eigenvalue weighted by Gasteiger charge is -2.13. The molecule has 104 valence electrons. The Balaban J connectivity index is 2.38. The van der Waals surface area contributed by atoms with Gasteiger partial charge in [-0.1, -0.05) is 18.2 Å². The van der Waals surface area contributed by atoms with Crippen LogP contribution in [0.25, 0.3) is 0 Å². The fourth-order valence-electron chi connectivity index (χ4n) is 1.39. The van der Waals surface area contributed by atoms with E-state index in [-0.39, 0.29) is 11.7 Å². The van der Waals surface area contributed by atoms with Crippen molar-refractivity contribution in [1.82, 2.24) is 5.32 Å². The van der Waals surface area contributed by atoms with Gasteiger partial charge in [0, 0.05) is 4.90 Å². The predicted molar refractivity (Wildman–Crippen MR) is 79.7 cm³/mol. The lowest BCUT2D eigenvalue weighted by Crippen LogP contribution is -2.42. The van der Waals surface area contributed by atoms with E-state index in [1.807, 2.05) is 36.6 Å². The van der Waals surface area contributed by atoms with Crippen molar-refractivity contribution in [3.05, 3.63) is 30.3 Å². The minimum atomic E-state index is -0.980. The number of hydrogen-bond acceptors (Lipinski definition) is 4. The van der Waals surface area contributed by atoms with Gasteiger partial charge in [0.05, 0.1) is 5.75 Å². The van der Waals surface area contributed by atoms with E-state index in [4.69, 9.17) is 5.11 Å². The standard InChI is InChI=1S/C13H17NO3S2/c1-18-8-7-11(13(16)17)14-12(15)9-19-10-5-3-2-4-6-10/h2-6,11H,7-9H2,1H3,(H,14,15)(H,16,17). The van der Waals surface area contributed by atoms with Crippen molar-refractivity contribution in [3.63, 3.8) is 0 Å². The first-order valence-corrected chi connectivity index (χ1v) is 8.20. The fraction of sp³-hybridized carbons (Fsp3) is 0.385. The van der Waals surface area contributed by atoms with Crippen LogP contribution in [-0.4, -0.2) is 40.8 Å². The van der Waals surface area contributed by atoms with E-state index in [0.29, 0.717) is 12.2 Å². The molecule has 1 amide bonds. The predicted octanol–water partition coefficient (Wildman–Crippen LogP) is 2.10. The van der Waals surface area contributed by atoms with Gasteiger partial charge in [-0.2, -0.15) is 11.8 Å². The zero-order valence-electron chi connectivity index (χ0n) is 10.7. The van der Waals surface area contributed by atoms with E-state index in [0.717, 1.165) is 4.90 Å². The second-order valence-electron chi connectivity index (χ2n) is 3.84. The van der Waals surface area contributed by atoms with E-state index in [1.165, 1.54) is 11.8 Å². The zero-order chi connectivity index (χ0) is 14.1. The summed E-state index contributed by atoms with van der Waals surface area (Å²) in [6, 6.07) is 8.75. The van der Waals surface area contributed by atoms with Crippen LogP contribution < -0.4 is 5.32 Å². The third-order valence-electron chi connectivity index (χ3n) is 2.36. The minimum absolute atomic E-state index is 0.229. The second-order valence-corrected chi connectivity index (χ2v) is 5.88. The van der Waals surface area contributed by atoms with E-state index < -0.39 is 12.0 Å². The summed E-state index contributed by atoms with van der Waals surface area (Å²) < 4.78 is 0. The molecule has 0 fully saturated rings. The molecule has 0 saturated heterocycles. The minimum Gasteiger partial charge on any atom is -0.480 e. The summed E-state index contributed by atoms with van der Waals surface area (Å²) in [5, 5.41) is 11.6. The Labute approximate surface area is 121 Å². The third kappa shape index (κ3) is 6.54. The molecule has 2 N–H and O–H groups in total. The topological polar surface area (TPSA) is 66.4 Å². The first kappa shape index (κ1) is 15.9. The van der Waals surface area contributed by atoms with Crippen molar-refractivity contribution >= 4 is 35.4 Å². The van der Waals surface area contributed by atoms with E-state index in [1.54, 1.807) is 11.8 Å². The fourth-order valence-corrected chi connectivity index (χ4v) is 2.60. The molecule has 0 aromatic heterocycles. The van der Waals surface area contributed by atoms with Crippen LogP contribution in [0.2, 0.25) is 0 Å². The highest BCUT2D eigenvalue weighted by Gasteiger charge is 2.19. The van der Waals surface area contributed by atoms with Gasteiger partial charge in [0.1, 0.15) is 6.04 Å². The van der Waals surface area contributed by atoms with Gasteiger partial charge in [0.25, 0.3) is 0 Å². The quantitative estimate of drug-likeness (QED) is 0.720. The molecule has 0 heterocycles. The number of nitrogens with one attached hydrogen (secondary N) is 1. The van der Waals surface area contributed by atoms with E-state index >= 15 is 0 Å². The number of amides is 1. The average molecular weight is 299 g/mol. The van der Waals surface area contributed by atoms with Gasteiger partial charge in [-0.05, 0) is 30.6 Å². The van der Waals surface area contributed by atoms with Gasteiger partial charge in [0.2, 0.25) is 5.91 Å². The highest BCUT2D eigenvalue weighted by molar-refractivity contribution is 8.00. The molecule has 19 heavy (non-hydrogen) atoms. The van der Waals surface area contributed by atoms with E-state index in [2.05, 4.69) is 5.32 Å². The molecule has 0 saturated carbocycles. The van der Waals surface area contributed by atoms with Crippen LogP contribution in [0, 0.1) is 0 Å². The molecule has 1 aromatic rings. The molecule has 1 rings (SSSR count). The molecule has 0 aliphatic heterocycles. The van der Waals surface area contributed by atoms with Crippen molar-refractivity contribution < 1.29 is 14.7 Å². The normalized spacial score (nSPS) is 11.8. The molecule has 6 heteroatoms. The van der Waals surface area contributed by atoms with Crippen LogP contribution in [-0.2, 0) is 9.59 Å². The summed E-state index contributed by atoms with van der Waals surface area (Å²) in [5.41, 5.74) is 0. The Bertz CT molecular complexity index is 412. The zero-order valence-corrected chi connectivity index (χ0v) is 12.3. The monoisotopic (exact) mass is 299 g/mol. The van der Waals surface area contributed by atoms with Crippen molar-refractivity contribution in [2.75, 3.05) is 17.8 Å². The molecule has 0 spiro atoms. The Hall–Kier alpha value is -1.14. The van der Waals surface area contributed by atoms with Crippen molar-refractivity contribution in [2.45, 2.75) is 17.4 Å². The maximum absolute atomic E-state index is 11.7. The lowest BCUT2D eigenvalue weighted by molar-refractivity contribution is -0.141. The largest absolute Gasteiger partial charge is 0.480 e. The smallest absolute Gasteiger partial charge is 0.326 e. The summed E-state index contributed by atoms with van der Waals surface area (Å²) in [7, 11) is 0. The number of rotatable bonds is 8. The summed E-state index contributed by atoms with van der Waals surface area (Å²) >= 11 is 2.96. The molecule has 0 radical (unpaired) electrons. The second kappa shape index (κ2) is 8.87. The van der Waals surface area contributed by atoms with Gasteiger partial charge in [-0.15, -0.1) is 11.8 Å². The first-order valence-electron chi connectivity index (χ1n) is 5.82. The van der Waals surface area contributed by atoms with Gasteiger partial charge in [-0.25, -0.2) is 4.79 Å². The van der Waals surface area contributed by atoms with Crippen molar-refractivity contribution in [3.8, 4) is 0 Å². The highest BCUT2D eigenvalue weighted by atomic mass is 32.2. The summed E-state index contributed by atoms with van der Waals surface area (Å²) in [6.07, 6.45) is 2.35. The SMILES string of the molecule is CSCCC(NC(=O)CSc1ccccc1)C(=O)O. The van der Waals surface area contributed by atoms with Crippen LogP contribution in [0.1, 0.15) is 6.42 Å². The molecular formula is C13H17NO3S2. The Morgan fingerprint density at radius 3 is 2.58 bits per heavy atom. The molecule has 0 aliphatic carbocycles. The number of carbonyl (C=O) groups is 2. The van der Waals surface area contributed by atoms with Gasteiger partial charge < -0.3 is 10.4 Å². The number of benzene rings is 1. The van der Waals surface area contributed by atoms with Crippen LogP contribution >= 0.6 is 23.5 Å². The summed E-state index contributed by atoms with van der Waals surface area (Å²) in [4.78, 5) is 23.7. The molecule has 1 aromatic carbocycles. The van der Waals surface area contributed by atoms with Gasteiger partial charge in [0.15, 0.2) is 0 Å². The molecule has 4 nitrogen and oxygen atoms in total. The number of aliphatic carboxylic acids is 1. The molecule has 0 bridgehead atoms. The lowest BCUT2D eigenvalue weighted by atomic mass is 10.2. The third-order valence-corrected chi connectivity index (χ3v) is 4.01. The van der Waals surface area contributed by atoms with Crippen LogP contribution in [0.5, 0.6) is 0 Å². The van der Waals surface area contributed by atoms with E-state index in [9.17, 15) is 9.59 Å². The number of carboxylic acids is 1. The Morgan fingerprint density at radius 1 is 1.32 bits per heavy atom. The maximum Gasteiger partial charge on any atom is 0.326 e. The van der Waals surface area contributed by atoms with Gasteiger partial charge >= 0.3 is 5.97 Å². The van der Waals surface area contributed by atoms with Crippen molar-refractivity contribution in [2.24, 2.45) is 0 Å².